The maximum absolute atomic E-state index is 11.9. The van der Waals surface area contributed by atoms with Gasteiger partial charge in [-0.25, -0.2) is 0 Å². The summed E-state index contributed by atoms with van der Waals surface area (Å²) in [6, 6.07) is 9.14. The van der Waals surface area contributed by atoms with Crippen LogP contribution in [0.3, 0.4) is 0 Å². The Labute approximate surface area is 171 Å². The van der Waals surface area contributed by atoms with Crippen molar-refractivity contribution in [2.24, 2.45) is 0 Å². The van der Waals surface area contributed by atoms with Gasteiger partial charge in [0.2, 0.25) is 0 Å². The molecule has 0 aliphatic heterocycles. The molecular formula is C21H21BrO6. The second kappa shape index (κ2) is 9.01. The van der Waals surface area contributed by atoms with Gasteiger partial charge in [0.05, 0.1) is 33.5 Å². The molecular weight excluding hydrogens is 428 g/mol. The minimum Gasteiger partial charge on any atom is -0.497 e. The molecule has 0 saturated heterocycles. The van der Waals surface area contributed by atoms with Crippen LogP contribution in [0, 0.1) is 0 Å². The molecule has 0 aliphatic carbocycles. The summed E-state index contributed by atoms with van der Waals surface area (Å²) in [5.74, 6) is 1.53. The Kier molecular flexibility index (Phi) is 6.46. The summed E-state index contributed by atoms with van der Waals surface area (Å²) < 4.78 is 28.3. The fraction of sp³-hybridized carbons (Fsp3) is 0.286. The van der Waals surface area contributed by atoms with E-state index in [1.54, 1.807) is 45.6 Å². The number of methoxy groups -OCH3 is 2. The highest BCUT2D eigenvalue weighted by Crippen LogP contribution is 2.34. The molecule has 0 atom stereocenters. The van der Waals surface area contributed by atoms with Crippen LogP contribution in [-0.2, 0) is 22.6 Å². The number of esters is 1. The number of furan rings is 1. The molecule has 0 fully saturated rings. The molecule has 1 aromatic heterocycles. The van der Waals surface area contributed by atoms with Gasteiger partial charge >= 0.3 is 5.97 Å². The van der Waals surface area contributed by atoms with Crippen molar-refractivity contribution < 1.29 is 28.2 Å². The van der Waals surface area contributed by atoms with E-state index in [4.69, 9.17) is 23.4 Å². The second-order valence-corrected chi connectivity index (χ2v) is 6.91. The standard InChI is InChI=1S/C21H21BrO6/c1-4-26-20(23)7-13-5-6-16(24-2)10-18(13)27-11-14-12-28-21-17(14)8-15(22)9-19(21)25-3/h5-6,8-10,12H,4,7,11H2,1-3H3. The highest BCUT2D eigenvalue weighted by molar-refractivity contribution is 9.10. The maximum atomic E-state index is 11.9. The van der Waals surface area contributed by atoms with Crippen LogP contribution < -0.4 is 14.2 Å². The van der Waals surface area contributed by atoms with E-state index in [0.29, 0.717) is 29.4 Å². The summed E-state index contributed by atoms with van der Waals surface area (Å²) >= 11 is 3.48. The summed E-state index contributed by atoms with van der Waals surface area (Å²) in [5.41, 5.74) is 2.24. The molecule has 1 heterocycles. The van der Waals surface area contributed by atoms with Crippen LogP contribution in [0.4, 0.5) is 0 Å². The van der Waals surface area contributed by atoms with Gasteiger partial charge in [0.25, 0.3) is 0 Å². The number of carbonyl (C=O) groups excluding carboxylic acids is 1. The maximum Gasteiger partial charge on any atom is 0.310 e. The van der Waals surface area contributed by atoms with E-state index >= 15 is 0 Å². The molecule has 0 amide bonds. The van der Waals surface area contributed by atoms with Crippen molar-refractivity contribution in [1.82, 2.24) is 0 Å². The summed E-state index contributed by atoms with van der Waals surface area (Å²) in [4.78, 5) is 11.9. The molecule has 0 bridgehead atoms. The van der Waals surface area contributed by atoms with Crippen LogP contribution in [-0.4, -0.2) is 26.8 Å². The molecule has 6 nitrogen and oxygen atoms in total. The lowest BCUT2D eigenvalue weighted by molar-refractivity contribution is -0.142. The number of rotatable bonds is 8. The van der Waals surface area contributed by atoms with Crippen molar-refractivity contribution in [2.45, 2.75) is 20.0 Å². The van der Waals surface area contributed by atoms with Crippen LogP contribution in [0.5, 0.6) is 17.2 Å². The third-order valence-electron chi connectivity index (χ3n) is 4.20. The largest absolute Gasteiger partial charge is 0.497 e. The van der Waals surface area contributed by atoms with Crippen molar-refractivity contribution in [3.8, 4) is 17.2 Å². The molecule has 0 saturated carbocycles. The van der Waals surface area contributed by atoms with Crippen molar-refractivity contribution >= 4 is 32.9 Å². The van der Waals surface area contributed by atoms with Gasteiger partial charge in [-0.1, -0.05) is 22.0 Å². The van der Waals surface area contributed by atoms with Gasteiger partial charge in [-0.3, -0.25) is 4.79 Å². The zero-order valence-electron chi connectivity index (χ0n) is 15.9. The second-order valence-electron chi connectivity index (χ2n) is 5.99. The van der Waals surface area contributed by atoms with E-state index < -0.39 is 0 Å². The minimum atomic E-state index is -0.306. The van der Waals surface area contributed by atoms with Gasteiger partial charge in [0, 0.05) is 27.1 Å². The van der Waals surface area contributed by atoms with Crippen LogP contribution in [0.15, 0.2) is 45.5 Å². The zero-order chi connectivity index (χ0) is 20.1. The van der Waals surface area contributed by atoms with E-state index in [9.17, 15) is 4.79 Å². The SMILES string of the molecule is CCOC(=O)Cc1ccc(OC)cc1OCc1coc2c(OC)cc(Br)cc12. The molecule has 3 rings (SSSR count). The first-order chi connectivity index (χ1) is 13.5. The Hall–Kier alpha value is -2.67. The number of hydrogen-bond acceptors (Lipinski definition) is 6. The summed E-state index contributed by atoms with van der Waals surface area (Å²) in [6.45, 7) is 2.37. The molecule has 7 heteroatoms. The zero-order valence-corrected chi connectivity index (χ0v) is 17.5. The van der Waals surface area contributed by atoms with Crippen LogP contribution in [0.25, 0.3) is 11.0 Å². The Morgan fingerprint density at radius 1 is 1.07 bits per heavy atom. The highest BCUT2D eigenvalue weighted by Gasteiger charge is 2.15. The first kappa shape index (κ1) is 20.1. The Morgan fingerprint density at radius 3 is 2.61 bits per heavy atom. The average Bonchev–Trinajstić information content (AvgIpc) is 3.09. The Morgan fingerprint density at radius 2 is 1.89 bits per heavy atom. The summed E-state index contributed by atoms with van der Waals surface area (Å²) in [6.07, 6.45) is 1.77. The molecule has 0 radical (unpaired) electrons. The Balaban J connectivity index is 1.86. The monoisotopic (exact) mass is 448 g/mol. The number of hydrogen-bond donors (Lipinski definition) is 0. The van der Waals surface area contributed by atoms with Crippen molar-refractivity contribution in [3.63, 3.8) is 0 Å². The van der Waals surface area contributed by atoms with E-state index in [0.717, 1.165) is 21.0 Å². The quantitative estimate of drug-likeness (QED) is 0.456. The molecule has 2 aromatic carbocycles. The third-order valence-corrected chi connectivity index (χ3v) is 4.66. The first-order valence-electron chi connectivity index (χ1n) is 8.74. The van der Waals surface area contributed by atoms with E-state index in [1.807, 2.05) is 12.1 Å². The topological polar surface area (TPSA) is 67.1 Å². The van der Waals surface area contributed by atoms with Gasteiger partial charge < -0.3 is 23.4 Å². The average molecular weight is 449 g/mol. The number of halogens is 1. The lowest BCUT2D eigenvalue weighted by atomic mass is 10.1. The van der Waals surface area contributed by atoms with Gasteiger partial charge in [-0.2, -0.15) is 0 Å². The predicted molar refractivity (Wildman–Crippen MR) is 108 cm³/mol. The number of ether oxygens (including phenoxy) is 4. The van der Waals surface area contributed by atoms with E-state index in [-0.39, 0.29) is 19.0 Å². The van der Waals surface area contributed by atoms with Gasteiger partial charge in [-0.05, 0) is 25.1 Å². The molecule has 3 aromatic rings. The third kappa shape index (κ3) is 4.42. The van der Waals surface area contributed by atoms with Crippen LogP contribution >= 0.6 is 15.9 Å². The van der Waals surface area contributed by atoms with Gasteiger partial charge in [-0.15, -0.1) is 0 Å². The van der Waals surface area contributed by atoms with Crippen molar-refractivity contribution in [2.75, 3.05) is 20.8 Å². The lowest BCUT2D eigenvalue weighted by Crippen LogP contribution is -2.09. The summed E-state index contributed by atoms with van der Waals surface area (Å²) in [5, 5.41) is 0.890. The van der Waals surface area contributed by atoms with Crippen molar-refractivity contribution in [1.29, 1.82) is 0 Å². The Bertz CT molecular complexity index is 978. The number of benzene rings is 2. The van der Waals surface area contributed by atoms with Crippen LogP contribution in [0.2, 0.25) is 0 Å². The van der Waals surface area contributed by atoms with E-state index in [1.165, 1.54) is 0 Å². The smallest absolute Gasteiger partial charge is 0.310 e. The van der Waals surface area contributed by atoms with Gasteiger partial charge in [0.15, 0.2) is 11.3 Å². The van der Waals surface area contributed by atoms with Gasteiger partial charge in [0.1, 0.15) is 18.1 Å². The molecule has 148 valence electrons. The number of carbonyl (C=O) groups is 1. The molecule has 0 spiro atoms. The fourth-order valence-corrected chi connectivity index (χ4v) is 3.29. The minimum absolute atomic E-state index is 0.124. The fourth-order valence-electron chi connectivity index (χ4n) is 2.85. The molecule has 0 N–H and O–H groups in total. The van der Waals surface area contributed by atoms with E-state index in [2.05, 4.69) is 15.9 Å². The highest BCUT2D eigenvalue weighted by atomic mass is 79.9. The summed E-state index contributed by atoms with van der Waals surface area (Å²) in [7, 11) is 3.18. The predicted octanol–water partition coefficient (Wildman–Crippen LogP) is 4.90. The lowest BCUT2D eigenvalue weighted by Gasteiger charge is -2.12. The molecule has 0 aliphatic rings. The van der Waals surface area contributed by atoms with Crippen LogP contribution in [0.1, 0.15) is 18.1 Å². The van der Waals surface area contributed by atoms with Crippen molar-refractivity contribution in [3.05, 3.63) is 52.2 Å². The normalized spacial score (nSPS) is 10.7. The number of fused-ring (bicyclic) bond motifs is 1. The first-order valence-corrected chi connectivity index (χ1v) is 9.54. The molecule has 0 unspecified atom stereocenters. The molecule has 28 heavy (non-hydrogen) atoms.